The normalized spacial score (nSPS) is 22.9. The molecule has 4 aromatic carbocycles. The second-order valence-corrected chi connectivity index (χ2v) is 16.3. The topological polar surface area (TPSA) is 115 Å². The van der Waals surface area contributed by atoms with Crippen molar-refractivity contribution in [1.29, 1.82) is 0 Å². The summed E-state index contributed by atoms with van der Waals surface area (Å²) in [5.41, 5.74) is 7.08. The minimum Gasteiger partial charge on any atom is -0.508 e. The van der Waals surface area contributed by atoms with Crippen molar-refractivity contribution in [3.05, 3.63) is 118 Å². The lowest BCUT2D eigenvalue weighted by molar-refractivity contribution is -0.274. The van der Waals surface area contributed by atoms with E-state index in [4.69, 9.17) is 4.74 Å². The van der Waals surface area contributed by atoms with E-state index >= 15 is 0 Å². The van der Waals surface area contributed by atoms with Gasteiger partial charge >= 0.3 is 6.36 Å². The van der Waals surface area contributed by atoms with E-state index in [0.29, 0.717) is 30.0 Å². The van der Waals surface area contributed by atoms with E-state index in [2.05, 4.69) is 55.1 Å². The largest absolute Gasteiger partial charge is 0.573 e. The molecule has 0 spiro atoms. The molecular formula is C45H46F3N5O6. The lowest BCUT2D eigenvalue weighted by Crippen LogP contribution is -2.52. The van der Waals surface area contributed by atoms with Crippen LogP contribution < -0.4 is 19.9 Å². The summed E-state index contributed by atoms with van der Waals surface area (Å²) in [4.78, 5) is 46.2. The van der Waals surface area contributed by atoms with Gasteiger partial charge in [0.25, 0.3) is 5.91 Å². The maximum Gasteiger partial charge on any atom is 0.573 e. The van der Waals surface area contributed by atoms with Crippen molar-refractivity contribution in [2.45, 2.75) is 63.3 Å². The molecule has 14 heteroatoms. The highest BCUT2D eigenvalue weighted by Gasteiger charge is 2.40. The number of benzene rings is 4. The number of phenols is 1. The van der Waals surface area contributed by atoms with Gasteiger partial charge in [0, 0.05) is 81.6 Å². The molecule has 308 valence electrons. The third-order valence-electron chi connectivity index (χ3n) is 12.6. The third-order valence-corrected chi connectivity index (χ3v) is 12.6. The Morgan fingerprint density at radius 2 is 1.53 bits per heavy atom. The number of ether oxygens (including phenoxy) is 2. The summed E-state index contributed by atoms with van der Waals surface area (Å²) in [5, 5.41) is 12.6. The van der Waals surface area contributed by atoms with Gasteiger partial charge in [-0.2, -0.15) is 0 Å². The van der Waals surface area contributed by atoms with Gasteiger partial charge in [-0.3, -0.25) is 24.6 Å². The van der Waals surface area contributed by atoms with Gasteiger partial charge in [-0.25, -0.2) is 0 Å². The molecule has 5 aliphatic heterocycles. The van der Waals surface area contributed by atoms with E-state index in [1.807, 2.05) is 18.2 Å². The maximum absolute atomic E-state index is 13.2. The fourth-order valence-corrected chi connectivity index (χ4v) is 9.57. The number of phenolic OH excluding ortho intramolecular Hbond substituents is 1. The molecule has 0 saturated carbocycles. The number of aromatic hydroxyl groups is 1. The Labute approximate surface area is 340 Å². The van der Waals surface area contributed by atoms with Crippen molar-refractivity contribution in [3.8, 4) is 11.5 Å². The molecule has 9 rings (SSSR count). The fourth-order valence-electron chi connectivity index (χ4n) is 9.57. The zero-order valence-electron chi connectivity index (χ0n) is 32.5. The van der Waals surface area contributed by atoms with Crippen LogP contribution in [0.15, 0.2) is 84.9 Å². The second kappa shape index (κ2) is 15.9. The maximum atomic E-state index is 13.2. The number of fused-ring (bicyclic) bond motifs is 2. The van der Waals surface area contributed by atoms with E-state index < -0.39 is 24.4 Å². The molecule has 11 nitrogen and oxygen atoms in total. The molecular weight excluding hydrogens is 764 g/mol. The lowest BCUT2D eigenvalue weighted by atomic mass is 9.79. The van der Waals surface area contributed by atoms with Gasteiger partial charge in [-0.15, -0.1) is 13.2 Å². The average Bonchev–Trinajstić information content (AvgIpc) is 3.55. The van der Waals surface area contributed by atoms with Crippen LogP contribution in [0.3, 0.4) is 0 Å². The number of nitrogens with zero attached hydrogens (tertiary/aromatic N) is 4. The number of amides is 3. The summed E-state index contributed by atoms with van der Waals surface area (Å²) >= 11 is 0. The van der Waals surface area contributed by atoms with Gasteiger partial charge in [0.05, 0.1) is 12.7 Å². The van der Waals surface area contributed by atoms with Crippen LogP contribution >= 0.6 is 0 Å². The number of nitrogens with one attached hydrogen (secondary N) is 1. The molecule has 0 aromatic heterocycles. The van der Waals surface area contributed by atoms with Crippen molar-refractivity contribution >= 4 is 29.1 Å². The summed E-state index contributed by atoms with van der Waals surface area (Å²) < 4.78 is 49.7. The molecule has 3 saturated heterocycles. The van der Waals surface area contributed by atoms with Crippen molar-refractivity contribution in [1.82, 2.24) is 15.1 Å². The van der Waals surface area contributed by atoms with E-state index in [1.165, 1.54) is 18.2 Å². The Bertz CT molecular complexity index is 2240. The van der Waals surface area contributed by atoms with Crippen LogP contribution in [0.25, 0.3) is 0 Å². The molecule has 0 bridgehead atoms. The number of imide groups is 1. The number of halogens is 3. The number of piperidine rings is 2. The predicted molar refractivity (Wildman–Crippen MR) is 213 cm³/mol. The van der Waals surface area contributed by atoms with E-state index in [-0.39, 0.29) is 42.3 Å². The molecule has 0 radical (unpaired) electrons. The van der Waals surface area contributed by atoms with E-state index in [0.717, 1.165) is 92.3 Å². The molecule has 5 aliphatic rings. The fraction of sp³-hybridized carbons (Fsp3) is 0.400. The van der Waals surface area contributed by atoms with E-state index in [9.17, 15) is 32.7 Å². The Kier molecular flexibility index (Phi) is 10.5. The summed E-state index contributed by atoms with van der Waals surface area (Å²) in [6, 6.07) is 24.9. The first kappa shape index (κ1) is 38.9. The standard InChI is InChI=1S/C45H46F3N5O6/c46-45(47,48)59-36-3-1-2-30(24-36)42-41(37-11-9-35(54)23-32(37)27-58-42)29-4-6-33(7-5-29)51-16-14-28(15-17-51)25-50-18-20-52(21-19-50)34-8-10-38-31(22-34)26-53(44(38)57)39-12-13-40(55)49-43(39)56/h1-11,22-24,28,39,41-42,54H,12-21,25-27H2,(H,49,55,56)/t39-,41-,42-/m0/s1. The SMILES string of the molecule is O=C1CC[C@H](N2Cc3cc(N4CCN(CC5CCN(c6ccc([C@H]7c8ccc(O)cc8CO[C@H]7c7cccc(OC(F)(F)F)c7)cc6)CC5)CC4)ccc3C2=O)C(=O)N1. The lowest BCUT2D eigenvalue weighted by Gasteiger charge is -2.40. The van der Waals surface area contributed by atoms with Crippen molar-refractivity contribution in [2.75, 3.05) is 55.6 Å². The van der Waals surface area contributed by atoms with Crippen molar-refractivity contribution in [3.63, 3.8) is 0 Å². The van der Waals surface area contributed by atoms with Gasteiger partial charge in [0.2, 0.25) is 11.8 Å². The number of hydrogen-bond acceptors (Lipinski definition) is 9. The highest BCUT2D eigenvalue weighted by molar-refractivity contribution is 6.05. The second-order valence-electron chi connectivity index (χ2n) is 16.3. The number of hydrogen-bond donors (Lipinski definition) is 2. The number of anilines is 2. The first-order valence-electron chi connectivity index (χ1n) is 20.3. The Balaban J connectivity index is 0.794. The minimum atomic E-state index is -4.81. The predicted octanol–water partition coefficient (Wildman–Crippen LogP) is 6.49. The third kappa shape index (κ3) is 8.20. The minimum absolute atomic E-state index is 0.128. The number of alkyl halides is 3. The quantitative estimate of drug-likeness (QED) is 0.193. The summed E-state index contributed by atoms with van der Waals surface area (Å²) in [5.74, 6) is -0.745. The molecule has 3 amide bonds. The Hall–Kier alpha value is -5.60. The zero-order chi connectivity index (χ0) is 40.8. The highest BCUT2D eigenvalue weighted by Crippen LogP contribution is 2.46. The van der Waals surface area contributed by atoms with Crippen LogP contribution in [0, 0.1) is 5.92 Å². The van der Waals surface area contributed by atoms with Crippen LogP contribution in [0.2, 0.25) is 0 Å². The van der Waals surface area contributed by atoms with Crippen LogP contribution in [-0.4, -0.2) is 90.8 Å². The van der Waals surface area contributed by atoms with Gasteiger partial charge in [0.1, 0.15) is 17.5 Å². The molecule has 0 unspecified atom stereocenters. The Morgan fingerprint density at radius 1 is 0.780 bits per heavy atom. The molecule has 3 atom stereocenters. The van der Waals surface area contributed by atoms with Crippen LogP contribution in [0.1, 0.15) is 75.9 Å². The van der Waals surface area contributed by atoms with Gasteiger partial charge < -0.3 is 29.3 Å². The van der Waals surface area contributed by atoms with Crippen LogP contribution in [0.4, 0.5) is 24.5 Å². The highest BCUT2D eigenvalue weighted by atomic mass is 19.4. The summed E-state index contributed by atoms with van der Waals surface area (Å²) in [6.07, 6.45) is -2.63. The zero-order valence-corrected chi connectivity index (χ0v) is 32.5. The Morgan fingerprint density at radius 3 is 2.27 bits per heavy atom. The van der Waals surface area contributed by atoms with E-state index in [1.54, 1.807) is 23.1 Å². The smallest absolute Gasteiger partial charge is 0.508 e. The number of carbonyl (C=O) groups excluding carboxylic acids is 3. The average molecular weight is 810 g/mol. The molecule has 2 N–H and O–H groups in total. The molecule has 5 heterocycles. The van der Waals surface area contributed by atoms with Gasteiger partial charge in [-0.1, -0.05) is 30.3 Å². The molecule has 0 aliphatic carbocycles. The number of piperazine rings is 1. The first-order valence-corrected chi connectivity index (χ1v) is 20.3. The molecule has 3 fully saturated rings. The number of rotatable bonds is 8. The van der Waals surface area contributed by atoms with Crippen LogP contribution in [-0.2, 0) is 27.5 Å². The van der Waals surface area contributed by atoms with Crippen molar-refractivity contribution < 1.29 is 42.1 Å². The molecule has 59 heavy (non-hydrogen) atoms. The van der Waals surface area contributed by atoms with Gasteiger partial charge in [0.15, 0.2) is 0 Å². The summed E-state index contributed by atoms with van der Waals surface area (Å²) in [6.45, 7) is 7.20. The van der Waals surface area contributed by atoms with Gasteiger partial charge in [-0.05, 0) is 108 Å². The summed E-state index contributed by atoms with van der Waals surface area (Å²) in [7, 11) is 0. The number of carbonyl (C=O) groups is 3. The van der Waals surface area contributed by atoms with Crippen LogP contribution in [0.5, 0.6) is 11.5 Å². The molecule has 4 aromatic rings. The first-order chi connectivity index (χ1) is 28.5. The van der Waals surface area contributed by atoms with Crippen molar-refractivity contribution in [2.24, 2.45) is 5.92 Å². The monoisotopic (exact) mass is 809 g/mol.